The van der Waals surface area contributed by atoms with Crippen molar-refractivity contribution in [2.24, 2.45) is 5.16 Å². The third kappa shape index (κ3) is 6.84. The number of likely N-dealkylation sites (tertiary alicyclic amines) is 1. The van der Waals surface area contributed by atoms with E-state index in [2.05, 4.69) is 20.4 Å². The van der Waals surface area contributed by atoms with E-state index in [4.69, 9.17) is 4.84 Å². The van der Waals surface area contributed by atoms with E-state index in [0.717, 1.165) is 30.5 Å². The molecule has 1 aromatic carbocycles. The second-order valence-electron chi connectivity index (χ2n) is 10.1. The molecule has 2 aliphatic rings. The molecule has 0 radical (unpaired) electrons. The van der Waals surface area contributed by atoms with Crippen molar-refractivity contribution in [3.63, 3.8) is 0 Å². The maximum Gasteiger partial charge on any atom is 0.269 e. The highest BCUT2D eigenvalue weighted by Gasteiger charge is 2.44. The molecule has 37 heavy (non-hydrogen) atoms. The van der Waals surface area contributed by atoms with Gasteiger partial charge in [0.2, 0.25) is 5.91 Å². The van der Waals surface area contributed by atoms with Gasteiger partial charge in [0.1, 0.15) is 22.9 Å². The lowest BCUT2D eigenvalue weighted by Gasteiger charge is -2.36. The molecule has 0 saturated carbocycles. The van der Waals surface area contributed by atoms with E-state index >= 15 is 0 Å². The van der Waals surface area contributed by atoms with Gasteiger partial charge in [0.15, 0.2) is 0 Å². The topological polar surface area (TPSA) is 117 Å². The van der Waals surface area contributed by atoms with Crippen LogP contribution in [0.15, 0.2) is 41.7 Å². The van der Waals surface area contributed by atoms with Gasteiger partial charge in [-0.15, -0.1) is 0 Å². The van der Waals surface area contributed by atoms with E-state index in [9.17, 15) is 14.4 Å². The summed E-state index contributed by atoms with van der Waals surface area (Å²) in [5.74, 6) is 0.781. The first kappa shape index (κ1) is 26.6. The van der Waals surface area contributed by atoms with Gasteiger partial charge in [-0.05, 0) is 18.4 Å². The zero-order valence-corrected chi connectivity index (χ0v) is 21.8. The Morgan fingerprint density at radius 1 is 1.14 bits per heavy atom. The number of imidazole rings is 1. The molecule has 9 nitrogen and oxygen atoms in total. The largest absolute Gasteiger partial charge is 0.388 e. The number of aromatic nitrogens is 2. The highest BCUT2D eigenvalue weighted by molar-refractivity contribution is 6.39. The molecule has 4 rings (SSSR count). The molecule has 2 aliphatic heterocycles. The van der Waals surface area contributed by atoms with Crippen LogP contribution in [0.5, 0.6) is 0 Å². The van der Waals surface area contributed by atoms with E-state index in [0.29, 0.717) is 63.2 Å². The fraction of sp³-hybridized carbons (Fsp3) is 0.536. The van der Waals surface area contributed by atoms with Crippen LogP contribution in [0.25, 0.3) is 11.3 Å². The van der Waals surface area contributed by atoms with Gasteiger partial charge in [-0.25, -0.2) is 4.98 Å². The summed E-state index contributed by atoms with van der Waals surface area (Å²) in [4.78, 5) is 52.1. The van der Waals surface area contributed by atoms with Gasteiger partial charge >= 0.3 is 0 Å². The molecule has 1 fully saturated rings. The Hall–Kier alpha value is -3.49. The van der Waals surface area contributed by atoms with Crippen molar-refractivity contribution in [2.45, 2.75) is 83.3 Å². The maximum atomic E-state index is 13.2. The summed E-state index contributed by atoms with van der Waals surface area (Å²) >= 11 is 0. The van der Waals surface area contributed by atoms with Crippen molar-refractivity contribution in [1.29, 1.82) is 0 Å². The SMILES string of the molecule is CCC(=O)CCCCC[C@H](NC(=O)C1=NOC2(CCN(C(C)=O)CC2)C1)c1ncc(-c2ccccc2)[nH]1. The molecule has 3 heterocycles. The van der Waals surface area contributed by atoms with Crippen molar-refractivity contribution < 1.29 is 19.2 Å². The number of ketones is 1. The molecule has 1 spiro atoms. The summed E-state index contributed by atoms with van der Waals surface area (Å²) in [5.41, 5.74) is 1.79. The molecule has 1 atom stereocenters. The first-order chi connectivity index (χ1) is 17.9. The van der Waals surface area contributed by atoms with Crippen molar-refractivity contribution >= 4 is 23.3 Å². The van der Waals surface area contributed by atoms with Crippen LogP contribution in [-0.4, -0.2) is 56.9 Å². The molecule has 1 saturated heterocycles. The number of aromatic amines is 1. The second kappa shape index (κ2) is 12.2. The number of nitrogens with one attached hydrogen (secondary N) is 2. The van der Waals surface area contributed by atoms with Crippen LogP contribution in [0.3, 0.4) is 0 Å². The molecule has 2 aromatic rings. The Labute approximate surface area is 218 Å². The standard InChI is InChI=1S/C28H37N5O4/c1-3-22(35)12-8-5-9-13-23(26-29-19-25(30-26)21-10-6-4-7-11-21)31-27(36)24-18-28(37-32-24)14-16-33(17-15-28)20(2)34/h4,6-7,10-11,19,23H,3,5,8-9,12-18H2,1-2H3,(H,29,30)(H,31,36)/t23-/m0/s1. The molecule has 0 aliphatic carbocycles. The highest BCUT2D eigenvalue weighted by atomic mass is 16.7. The minimum absolute atomic E-state index is 0.0574. The minimum atomic E-state index is -0.509. The van der Waals surface area contributed by atoms with E-state index in [1.54, 1.807) is 18.0 Å². The first-order valence-corrected chi connectivity index (χ1v) is 13.3. The number of nitrogens with zero attached hydrogens (tertiary/aromatic N) is 3. The Morgan fingerprint density at radius 2 is 1.89 bits per heavy atom. The maximum absolute atomic E-state index is 13.2. The Balaban J connectivity index is 1.39. The number of H-pyrrole nitrogens is 1. The van der Waals surface area contributed by atoms with Crippen molar-refractivity contribution in [2.75, 3.05) is 13.1 Å². The third-order valence-corrected chi connectivity index (χ3v) is 7.38. The summed E-state index contributed by atoms with van der Waals surface area (Å²) in [6.45, 7) is 4.68. The lowest BCUT2D eigenvalue weighted by atomic mass is 9.86. The summed E-state index contributed by atoms with van der Waals surface area (Å²) in [6.07, 6.45) is 8.02. The van der Waals surface area contributed by atoms with E-state index in [-0.39, 0.29) is 23.6 Å². The van der Waals surface area contributed by atoms with Gasteiger partial charge in [0, 0.05) is 52.1 Å². The average Bonchev–Trinajstić information content (AvgIpc) is 3.57. The van der Waals surface area contributed by atoms with Crippen molar-refractivity contribution in [3.05, 3.63) is 42.4 Å². The van der Waals surface area contributed by atoms with Crippen LogP contribution in [0.1, 0.15) is 83.5 Å². The van der Waals surface area contributed by atoms with Crippen LogP contribution in [0.4, 0.5) is 0 Å². The fourth-order valence-corrected chi connectivity index (χ4v) is 4.96. The van der Waals surface area contributed by atoms with Gasteiger partial charge in [-0.3, -0.25) is 14.4 Å². The minimum Gasteiger partial charge on any atom is -0.388 e. The fourth-order valence-electron chi connectivity index (χ4n) is 4.96. The molecule has 1 aromatic heterocycles. The van der Waals surface area contributed by atoms with E-state index < -0.39 is 5.60 Å². The summed E-state index contributed by atoms with van der Waals surface area (Å²) in [7, 11) is 0. The molecule has 198 valence electrons. The highest BCUT2D eigenvalue weighted by Crippen LogP contribution is 2.35. The number of hydrogen-bond acceptors (Lipinski definition) is 6. The lowest BCUT2D eigenvalue weighted by Crippen LogP contribution is -2.46. The molecular formula is C28H37N5O4. The number of rotatable bonds is 11. The van der Waals surface area contributed by atoms with Gasteiger partial charge < -0.3 is 20.0 Å². The van der Waals surface area contributed by atoms with Gasteiger partial charge in [-0.2, -0.15) is 0 Å². The van der Waals surface area contributed by atoms with Crippen LogP contribution < -0.4 is 5.32 Å². The van der Waals surface area contributed by atoms with Crippen LogP contribution in [0, 0.1) is 0 Å². The third-order valence-electron chi connectivity index (χ3n) is 7.38. The summed E-state index contributed by atoms with van der Waals surface area (Å²) in [6, 6.07) is 9.62. The predicted octanol–water partition coefficient (Wildman–Crippen LogP) is 4.32. The number of hydrogen-bond donors (Lipinski definition) is 2. The first-order valence-electron chi connectivity index (χ1n) is 13.3. The van der Waals surface area contributed by atoms with Crippen LogP contribution in [-0.2, 0) is 19.2 Å². The number of unbranched alkanes of at least 4 members (excludes halogenated alkanes) is 2. The lowest BCUT2D eigenvalue weighted by molar-refractivity contribution is -0.134. The van der Waals surface area contributed by atoms with E-state index in [1.165, 1.54) is 0 Å². The number of benzene rings is 1. The zero-order valence-electron chi connectivity index (χ0n) is 21.8. The second-order valence-corrected chi connectivity index (χ2v) is 10.1. The van der Waals surface area contributed by atoms with Gasteiger partial charge in [0.05, 0.1) is 17.9 Å². The van der Waals surface area contributed by atoms with Crippen molar-refractivity contribution in [3.8, 4) is 11.3 Å². The van der Waals surface area contributed by atoms with E-state index in [1.807, 2.05) is 37.3 Å². The van der Waals surface area contributed by atoms with Crippen LogP contribution in [0.2, 0.25) is 0 Å². The summed E-state index contributed by atoms with van der Waals surface area (Å²) < 4.78 is 0. The monoisotopic (exact) mass is 507 g/mol. The molecular weight excluding hydrogens is 470 g/mol. The van der Waals surface area contributed by atoms with Crippen molar-refractivity contribution in [1.82, 2.24) is 20.2 Å². The molecule has 2 amide bonds. The smallest absolute Gasteiger partial charge is 0.269 e. The number of Topliss-reactive ketones (excluding diaryl/α,β-unsaturated/α-hetero) is 1. The number of amides is 2. The number of piperidine rings is 1. The molecule has 2 N–H and O–H groups in total. The Kier molecular flexibility index (Phi) is 8.74. The quantitative estimate of drug-likeness (QED) is 0.439. The predicted molar refractivity (Wildman–Crippen MR) is 141 cm³/mol. The molecule has 9 heteroatoms. The van der Waals surface area contributed by atoms with Crippen LogP contribution >= 0.6 is 0 Å². The number of oxime groups is 1. The normalized spacial score (nSPS) is 17.2. The average molecular weight is 508 g/mol. The van der Waals surface area contributed by atoms with Gasteiger partial charge in [-0.1, -0.05) is 55.3 Å². The number of carbonyl (C=O) groups is 3. The number of carbonyl (C=O) groups excluding carboxylic acids is 3. The molecule has 0 unspecified atom stereocenters. The Morgan fingerprint density at radius 3 is 2.59 bits per heavy atom. The zero-order chi connectivity index (χ0) is 26.3. The molecule has 0 bridgehead atoms. The van der Waals surface area contributed by atoms with Gasteiger partial charge in [0.25, 0.3) is 5.91 Å². The Bertz CT molecular complexity index is 1120. The summed E-state index contributed by atoms with van der Waals surface area (Å²) in [5, 5.41) is 7.28.